The first-order valence-electron chi connectivity index (χ1n) is 6.11. The molecule has 0 spiro atoms. The molecule has 0 aromatic heterocycles. The fraction of sp³-hybridized carbons (Fsp3) is 0.125. The van der Waals surface area contributed by atoms with Crippen LogP contribution in [0.3, 0.4) is 0 Å². The summed E-state index contributed by atoms with van der Waals surface area (Å²) in [4.78, 5) is 0. The molecule has 0 radical (unpaired) electrons. The first-order chi connectivity index (χ1) is 9.29. The SMILES string of the molecule is COc1ccc2c(c1)[Te](=O)C(c1ccccc1)C=C2. The Morgan fingerprint density at radius 3 is 2.63 bits per heavy atom. The summed E-state index contributed by atoms with van der Waals surface area (Å²) >= 11 is -2.63. The van der Waals surface area contributed by atoms with Gasteiger partial charge >= 0.3 is 120 Å². The van der Waals surface area contributed by atoms with Gasteiger partial charge in [0.2, 0.25) is 0 Å². The van der Waals surface area contributed by atoms with Crippen molar-refractivity contribution in [2.24, 2.45) is 0 Å². The second-order valence-electron chi connectivity index (χ2n) is 4.39. The molecule has 19 heavy (non-hydrogen) atoms. The fourth-order valence-electron chi connectivity index (χ4n) is 2.23. The van der Waals surface area contributed by atoms with Crippen LogP contribution in [0.5, 0.6) is 5.75 Å². The first kappa shape index (κ1) is 12.6. The van der Waals surface area contributed by atoms with Gasteiger partial charge in [0, 0.05) is 0 Å². The van der Waals surface area contributed by atoms with Crippen molar-refractivity contribution in [3.8, 4) is 5.75 Å². The Labute approximate surface area is 119 Å². The van der Waals surface area contributed by atoms with Gasteiger partial charge in [-0.05, 0) is 0 Å². The molecule has 2 nitrogen and oxygen atoms in total. The van der Waals surface area contributed by atoms with Crippen molar-refractivity contribution < 1.29 is 7.84 Å². The van der Waals surface area contributed by atoms with Crippen molar-refractivity contribution >= 4 is 29.2 Å². The van der Waals surface area contributed by atoms with Gasteiger partial charge in [-0.1, -0.05) is 0 Å². The molecular formula is C16H14O2Te. The summed E-state index contributed by atoms with van der Waals surface area (Å²) in [5, 5.41) is 0. The normalized spacial score (nSPS) is 18.1. The van der Waals surface area contributed by atoms with E-state index in [-0.39, 0.29) is 3.97 Å². The molecule has 0 saturated carbocycles. The second kappa shape index (κ2) is 5.28. The Balaban J connectivity index is 2.04. The van der Waals surface area contributed by atoms with E-state index in [1.165, 1.54) is 0 Å². The van der Waals surface area contributed by atoms with Crippen LogP contribution in [-0.4, -0.2) is 26.6 Å². The molecule has 3 rings (SSSR count). The van der Waals surface area contributed by atoms with E-state index in [0.29, 0.717) is 0 Å². The molecule has 1 unspecified atom stereocenters. The first-order valence-corrected chi connectivity index (χ1v) is 9.57. The average molecular weight is 366 g/mol. The number of rotatable bonds is 2. The molecule has 1 atom stereocenters. The standard InChI is InChI=1S/C16H14O2Te/c1-18-14-9-7-13-8-10-15(19(17)16(13)11-14)12-5-3-2-4-6-12/h2-11,15H,1H3. The maximum absolute atomic E-state index is 12.8. The van der Waals surface area contributed by atoms with E-state index in [9.17, 15) is 3.10 Å². The fourth-order valence-corrected chi connectivity index (χ4v) is 6.51. The zero-order valence-corrected chi connectivity index (χ0v) is 12.9. The monoisotopic (exact) mass is 368 g/mol. The van der Waals surface area contributed by atoms with Gasteiger partial charge in [0.25, 0.3) is 0 Å². The van der Waals surface area contributed by atoms with Crippen LogP contribution >= 0.6 is 0 Å². The molecule has 0 bridgehead atoms. The molecule has 1 aliphatic heterocycles. The van der Waals surface area contributed by atoms with Gasteiger partial charge in [-0.3, -0.25) is 0 Å². The molecule has 0 N–H and O–H groups in total. The molecule has 2 aromatic carbocycles. The van der Waals surface area contributed by atoms with E-state index < -0.39 is 19.5 Å². The van der Waals surface area contributed by atoms with Crippen molar-refractivity contribution in [1.82, 2.24) is 0 Å². The van der Waals surface area contributed by atoms with Crippen molar-refractivity contribution in [2.75, 3.05) is 7.11 Å². The zero-order valence-electron chi connectivity index (χ0n) is 10.6. The average Bonchev–Trinajstić information content (AvgIpc) is 2.48. The molecule has 0 fully saturated rings. The van der Waals surface area contributed by atoms with E-state index in [0.717, 1.165) is 20.5 Å². The summed E-state index contributed by atoms with van der Waals surface area (Å²) in [5.41, 5.74) is 2.21. The molecule has 0 saturated heterocycles. The molecule has 2 aromatic rings. The van der Waals surface area contributed by atoms with E-state index in [4.69, 9.17) is 4.74 Å². The number of benzene rings is 2. The van der Waals surface area contributed by atoms with Crippen LogP contribution < -0.4 is 8.35 Å². The molecule has 0 amide bonds. The van der Waals surface area contributed by atoms with Gasteiger partial charge in [0.05, 0.1) is 0 Å². The molecule has 0 aliphatic carbocycles. The minimum absolute atomic E-state index is 0.0596. The van der Waals surface area contributed by atoms with E-state index in [1.54, 1.807) is 7.11 Å². The number of hydrogen-bond acceptors (Lipinski definition) is 2. The minimum atomic E-state index is -2.63. The third-order valence-corrected chi connectivity index (χ3v) is 8.03. The molecule has 3 heteroatoms. The Morgan fingerprint density at radius 1 is 1.11 bits per heavy atom. The van der Waals surface area contributed by atoms with Gasteiger partial charge < -0.3 is 0 Å². The zero-order chi connectivity index (χ0) is 13.2. The van der Waals surface area contributed by atoms with Crippen LogP contribution in [0, 0.1) is 0 Å². The summed E-state index contributed by atoms with van der Waals surface area (Å²) in [6.45, 7) is 0. The Hall–Kier alpha value is -1.43. The van der Waals surface area contributed by atoms with Crippen LogP contribution in [0.25, 0.3) is 6.08 Å². The molecule has 1 heterocycles. The van der Waals surface area contributed by atoms with Crippen molar-refractivity contribution in [3.05, 3.63) is 65.7 Å². The summed E-state index contributed by atoms with van der Waals surface area (Å²) in [6, 6.07) is 15.9. The van der Waals surface area contributed by atoms with Gasteiger partial charge in [-0.2, -0.15) is 0 Å². The topological polar surface area (TPSA) is 26.3 Å². The summed E-state index contributed by atoms with van der Waals surface area (Å²) in [7, 11) is 1.64. The summed E-state index contributed by atoms with van der Waals surface area (Å²) in [6.07, 6.45) is 4.15. The van der Waals surface area contributed by atoms with Gasteiger partial charge in [0.15, 0.2) is 0 Å². The van der Waals surface area contributed by atoms with Crippen LogP contribution in [0.4, 0.5) is 0 Å². The van der Waals surface area contributed by atoms with E-state index in [1.807, 2.05) is 48.5 Å². The van der Waals surface area contributed by atoms with Crippen molar-refractivity contribution in [3.63, 3.8) is 0 Å². The van der Waals surface area contributed by atoms with Crippen molar-refractivity contribution in [2.45, 2.75) is 3.97 Å². The van der Waals surface area contributed by atoms with E-state index >= 15 is 0 Å². The maximum atomic E-state index is 12.8. The van der Waals surface area contributed by atoms with Gasteiger partial charge in [0.1, 0.15) is 0 Å². The van der Waals surface area contributed by atoms with Crippen LogP contribution in [0.15, 0.2) is 54.6 Å². The number of fused-ring (bicyclic) bond motifs is 1. The third kappa shape index (κ3) is 2.36. The Kier molecular flexibility index (Phi) is 3.50. The number of hydrogen-bond donors (Lipinski definition) is 0. The number of allylic oxidation sites excluding steroid dienone is 1. The van der Waals surface area contributed by atoms with Crippen LogP contribution in [0.1, 0.15) is 15.1 Å². The van der Waals surface area contributed by atoms with E-state index in [2.05, 4.69) is 12.2 Å². The molecule has 1 aliphatic rings. The third-order valence-electron chi connectivity index (χ3n) is 3.25. The number of ether oxygens (including phenoxy) is 1. The predicted octanol–water partition coefficient (Wildman–Crippen LogP) is 2.67. The molecular weight excluding hydrogens is 352 g/mol. The van der Waals surface area contributed by atoms with Gasteiger partial charge in [-0.25, -0.2) is 0 Å². The Morgan fingerprint density at radius 2 is 1.89 bits per heavy atom. The quantitative estimate of drug-likeness (QED) is 0.765. The Bertz CT molecular complexity index is 647. The molecule has 96 valence electrons. The summed E-state index contributed by atoms with van der Waals surface area (Å²) < 4.78 is 19.1. The predicted molar refractivity (Wildman–Crippen MR) is 77.3 cm³/mol. The van der Waals surface area contributed by atoms with Crippen molar-refractivity contribution in [1.29, 1.82) is 0 Å². The number of methoxy groups -OCH3 is 1. The van der Waals surface area contributed by atoms with Gasteiger partial charge in [-0.15, -0.1) is 0 Å². The van der Waals surface area contributed by atoms with Crippen LogP contribution in [-0.2, 0) is 3.10 Å². The second-order valence-corrected chi connectivity index (χ2v) is 8.79. The summed E-state index contributed by atoms with van der Waals surface area (Å²) in [5.74, 6) is 0.780. The van der Waals surface area contributed by atoms with Crippen LogP contribution in [0.2, 0.25) is 0 Å².